The molecule has 0 fully saturated rings. The zero-order valence-electron chi connectivity index (χ0n) is 4.33. The van der Waals surface area contributed by atoms with Crippen LogP contribution in [0.25, 0.3) is 0 Å². The number of aromatic nitrogens is 3. The van der Waals surface area contributed by atoms with Crippen molar-refractivity contribution in [2.45, 2.75) is 5.16 Å². The van der Waals surface area contributed by atoms with Crippen LogP contribution in [0.1, 0.15) is 10.6 Å². The van der Waals surface area contributed by atoms with Gasteiger partial charge >= 0.3 is 0 Å². The standard InChI is InChI=1S/C3H4N4OS/c4-1(8)2-5-3(9)7-6-2/h(H2,4,8)(H2,5,6,7,9). The maximum Gasteiger partial charge on any atom is 0.288 e. The first kappa shape index (κ1) is 6.09. The Morgan fingerprint density at radius 3 is 2.67 bits per heavy atom. The highest BCUT2D eigenvalue weighted by atomic mass is 32.1. The Morgan fingerprint density at radius 1 is 1.78 bits per heavy atom. The lowest BCUT2D eigenvalue weighted by atomic mass is 10.6. The number of H-pyrrole nitrogens is 1. The topological polar surface area (TPSA) is 84.7 Å². The van der Waals surface area contributed by atoms with E-state index < -0.39 is 5.91 Å². The number of rotatable bonds is 1. The van der Waals surface area contributed by atoms with Crippen LogP contribution in [-0.2, 0) is 0 Å². The van der Waals surface area contributed by atoms with E-state index >= 15 is 0 Å². The fourth-order valence-electron chi connectivity index (χ4n) is 0.363. The summed E-state index contributed by atoms with van der Waals surface area (Å²) in [5.41, 5.74) is 4.81. The molecule has 1 heterocycles. The third-order valence-electron chi connectivity index (χ3n) is 0.694. The smallest absolute Gasteiger partial charge is 0.288 e. The molecule has 0 saturated heterocycles. The molecule has 1 aromatic heterocycles. The number of nitrogens with one attached hydrogen (secondary N) is 1. The lowest BCUT2D eigenvalue weighted by Crippen LogP contribution is -2.12. The minimum atomic E-state index is -0.661. The molecule has 0 unspecified atom stereocenters. The van der Waals surface area contributed by atoms with Crippen molar-refractivity contribution in [3.63, 3.8) is 0 Å². The fraction of sp³-hybridized carbons (Fsp3) is 0. The highest BCUT2D eigenvalue weighted by Gasteiger charge is 2.04. The Balaban J connectivity index is 2.98. The van der Waals surface area contributed by atoms with Gasteiger partial charge in [0.25, 0.3) is 5.91 Å². The lowest BCUT2D eigenvalue weighted by molar-refractivity contribution is 0.0990. The van der Waals surface area contributed by atoms with Gasteiger partial charge in [0.1, 0.15) is 0 Å². The average Bonchev–Trinajstić information content (AvgIpc) is 2.14. The quantitative estimate of drug-likeness (QED) is 0.451. The third kappa shape index (κ3) is 1.20. The summed E-state index contributed by atoms with van der Waals surface area (Å²) in [5, 5.41) is 6.06. The normalized spacial score (nSPS) is 9.44. The number of amides is 1. The Bertz CT molecular complexity index is 231. The van der Waals surface area contributed by atoms with Crippen LogP contribution in [0.5, 0.6) is 0 Å². The largest absolute Gasteiger partial charge is 0.363 e. The summed E-state index contributed by atoms with van der Waals surface area (Å²) in [6, 6.07) is 0. The van der Waals surface area contributed by atoms with Gasteiger partial charge in [0, 0.05) is 0 Å². The highest BCUT2D eigenvalue weighted by molar-refractivity contribution is 7.80. The first-order valence-electron chi connectivity index (χ1n) is 2.11. The van der Waals surface area contributed by atoms with Crippen LogP contribution >= 0.6 is 12.6 Å². The van der Waals surface area contributed by atoms with Crippen molar-refractivity contribution in [3.8, 4) is 0 Å². The summed E-state index contributed by atoms with van der Waals surface area (Å²) >= 11 is 3.76. The van der Waals surface area contributed by atoms with Gasteiger partial charge in [0.05, 0.1) is 0 Å². The van der Waals surface area contributed by atoms with Crippen LogP contribution < -0.4 is 5.73 Å². The predicted octanol–water partition coefficient (Wildman–Crippen LogP) is -0.808. The predicted molar refractivity (Wildman–Crippen MR) is 32.2 cm³/mol. The van der Waals surface area contributed by atoms with E-state index in [2.05, 4.69) is 27.8 Å². The summed E-state index contributed by atoms with van der Waals surface area (Å²) in [7, 11) is 0. The maximum atomic E-state index is 10.3. The van der Waals surface area contributed by atoms with E-state index in [-0.39, 0.29) is 11.0 Å². The molecule has 1 aromatic rings. The van der Waals surface area contributed by atoms with Gasteiger partial charge in [-0.3, -0.25) is 9.89 Å². The van der Waals surface area contributed by atoms with Crippen molar-refractivity contribution in [1.82, 2.24) is 15.2 Å². The maximum absolute atomic E-state index is 10.3. The van der Waals surface area contributed by atoms with Gasteiger partial charge in [-0.15, -0.1) is 17.7 Å². The first-order chi connectivity index (χ1) is 4.20. The number of hydrogen-bond donors (Lipinski definition) is 3. The van der Waals surface area contributed by atoms with Gasteiger partial charge in [0.2, 0.25) is 5.82 Å². The van der Waals surface area contributed by atoms with Crippen LogP contribution in [0.15, 0.2) is 5.16 Å². The van der Waals surface area contributed by atoms with Crippen LogP contribution in [0.2, 0.25) is 0 Å². The van der Waals surface area contributed by atoms with Gasteiger partial charge in [-0.05, 0) is 0 Å². The van der Waals surface area contributed by atoms with Gasteiger partial charge in [0.15, 0.2) is 5.16 Å². The van der Waals surface area contributed by atoms with Crippen LogP contribution in [-0.4, -0.2) is 21.1 Å². The van der Waals surface area contributed by atoms with Crippen molar-refractivity contribution in [2.75, 3.05) is 0 Å². The Kier molecular flexibility index (Phi) is 1.39. The zero-order chi connectivity index (χ0) is 6.85. The van der Waals surface area contributed by atoms with Gasteiger partial charge in [-0.1, -0.05) is 0 Å². The molecule has 0 saturated carbocycles. The Hall–Kier alpha value is -1.04. The number of nitrogens with two attached hydrogens (primary N) is 1. The van der Waals surface area contributed by atoms with E-state index in [1.807, 2.05) is 0 Å². The first-order valence-corrected chi connectivity index (χ1v) is 2.56. The molecule has 6 heteroatoms. The Labute approximate surface area is 56.1 Å². The van der Waals surface area contributed by atoms with Crippen molar-refractivity contribution in [3.05, 3.63) is 5.82 Å². The molecule has 0 aromatic carbocycles. The summed E-state index contributed by atoms with van der Waals surface area (Å²) in [5.74, 6) is -0.702. The molecule has 5 nitrogen and oxygen atoms in total. The third-order valence-corrected chi connectivity index (χ3v) is 0.894. The molecule has 3 N–H and O–H groups in total. The number of thiol groups is 1. The molecule has 0 aliphatic heterocycles. The summed E-state index contributed by atoms with van der Waals surface area (Å²) < 4.78 is 0. The molecule has 1 amide bonds. The van der Waals surface area contributed by atoms with Crippen LogP contribution in [0, 0.1) is 0 Å². The minimum Gasteiger partial charge on any atom is -0.363 e. The van der Waals surface area contributed by atoms with Crippen LogP contribution in [0.4, 0.5) is 0 Å². The van der Waals surface area contributed by atoms with Crippen molar-refractivity contribution < 1.29 is 4.79 Å². The molecule has 0 aliphatic rings. The van der Waals surface area contributed by atoms with E-state index in [0.29, 0.717) is 0 Å². The highest BCUT2D eigenvalue weighted by Crippen LogP contribution is 1.94. The summed E-state index contributed by atoms with van der Waals surface area (Å²) in [4.78, 5) is 13.8. The lowest BCUT2D eigenvalue weighted by Gasteiger charge is -1.77. The van der Waals surface area contributed by atoms with Gasteiger partial charge in [-0.25, -0.2) is 0 Å². The van der Waals surface area contributed by atoms with Crippen molar-refractivity contribution >= 4 is 18.5 Å². The number of carbonyl (C=O) groups excluding carboxylic acids is 1. The molecule has 0 aliphatic carbocycles. The van der Waals surface area contributed by atoms with E-state index in [4.69, 9.17) is 5.73 Å². The second-order valence-electron chi connectivity index (χ2n) is 1.35. The van der Waals surface area contributed by atoms with Gasteiger partial charge in [-0.2, -0.15) is 4.98 Å². The van der Waals surface area contributed by atoms with E-state index in [9.17, 15) is 4.79 Å². The molecular weight excluding hydrogens is 140 g/mol. The summed E-state index contributed by atoms with van der Waals surface area (Å²) in [6.45, 7) is 0. The molecule has 1 rings (SSSR count). The van der Waals surface area contributed by atoms with Crippen LogP contribution in [0.3, 0.4) is 0 Å². The second kappa shape index (κ2) is 2.06. The number of carbonyl (C=O) groups is 1. The number of hydrogen-bond acceptors (Lipinski definition) is 4. The minimum absolute atomic E-state index is 0.0417. The molecular formula is C3H4N4OS. The average molecular weight is 144 g/mol. The molecule has 9 heavy (non-hydrogen) atoms. The molecule has 0 atom stereocenters. The molecule has 0 spiro atoms. The molecule has 0 radical (unpaired) electrons. The molecule has 0 bridgehead atoms. The zero-order valence-corrected chi connectivity index (χ0v) is 5.22. The number of primary amides is 1. The Morgan fingerprint density at radius 2 is 2.44 bits per heavy atom. The number of aromatic amines is 1. The SMILES string of the molecule is NC(=O)c1n[nH]c(S)n1. The van der Waals surface area contributed by atoms with E-state index in [1.54, 1.807) is 0 Å². The number of nitrogens with zero attached hydrogens (tertiary/aromatic N) is 2. The van der Waals surface area contributed by atoms with Gasteiger partial charge < -0.3 is 5.73 Å². The van der Waals surface area contributed by atoms with Crippen molar-refractivity contribution in [2.24, 2.45) is 5.73 Å². The van der Waals surface area contributed by atoms with E-state index in [1.165, 1.54) is 0 Å². The van der Waals surface area contributed by atoms with E-state index in [0.717, 1.165) is 0 Å². The second-order valence-corrected chi connectivity index (χ2v) is 1.77. The monoisotopic (exact) mass is 144 g/mol. The fourth-order valence-corrected chi connectivity index (χ4v) is 0.508. The van der Waals surface area contributed by atoms with Crippen molar-refractivity contribution in [1.29, 1.82) is 0 Å². The summed E-state index contributed by atoms with van der Waals surface area (Å²) in [6.07, 6.45) is 0. The molecule has 48 valence electrons.